The maximum atomic E-state index is 11.7. The van der Waals surface area contributed by atoms with Crippen LogP contribution in [0, 0.1) is 3.57 Å². The molecule has 0 aliphatic rings. The molecule has 1 aromatic rings. The van der Waals surface area contributed by atoms with Gasteiger partial charge in [0.25, 0.3) is 5.91 Å². The van der Waals surface area contributed by atoms with Gasteiger partial charge in [0.2, 0.25) is 0 Å². The van der Waals surface area contributed by atoms with Crippen molar-refractivity contribution in [1.29, 1.82) is 0 Å². The molecule has 3 N–H and O–H groups in total. The molecule has 1 rings (SSSR count). The molecule has 96 valence electrons. The third kappa shape index (κ3) is 5.90. The van der Waals surface area contributed by atoms with Crippen LogP contribution in [0.1, 0.15) is 23.2 Å². The van der Waals surface area contributed by atoms with Crippen LogP contribution >= 0.6 is 46.6 Å². The topological polar surface area (TPSA) is 55.1 Å². The summed E-state index contributed by atoms with van der Waals surface area (Å²) >= 11 is 8.06. The van der Waals surface area contributed by atoms with E-state index in [9.17, 15) is 4.79 Å². The fourth-order valence-corrected chi connectivity index (χ4v) is 1.73. The zero-order valence-corrected chi connectivity index (χ0v) is 12.9. The molecule has 1 aromatic carbocycles. The molecule has 0 fully saturated rings. The third-order valence-electron chi connectivity index (χ3n) is 2.10. The number of nitrogens with one attached hydrogen (secondary N) is 1. The monoisotopic (exact) mass is 388 g/mol. The number of halogens is 3. The van der Waals surface area contributed by atoms with Crippen LogP contribution in [0.2, 0.25) is 5.02 Å². The van der Waals surface area contributed by atoms with Gasteiger partial charge in [0.05, 0.1) is 5.02 Å². The normalized spacial score (nSPS) is 9.59. The van der Waals surface area contributed by atoms with Crippen molar-refractivity contribution in [2.45, 2.75) is 12.8 Å². The van der Waals surface area contributed by atoms with E-state index in [1.165, 1.54) is 0 Å². The van der Waals surface area contributed by atoms with Gasteiger partial charge in [-0.1, -0.05) is 11.6 Å². The molecule has 6 heteroatoms. The minimum atomic E-state index is -0.0877. The number of rotatable bonds is 5. The zero-order valence-electron chi connectivity index (χ0n) is 9.21. The van der Waals surface area contributed by atoms with Crippen molar-refractivity contribution in [3.05, 3.63) is 32.4 Å². The third-order valence-corrected chi connectivity index (χ3v) is 3.67. The molecule has 0 spiro atoms. The predicted molar refractivity (Wildman–Crippen MR) is 82.0 cm³/mol. The molecule has 1 amide bonds. The van der Waals surface area contributed by atoms with Crippen molar-refractivity contribution < 1.29 is 4.79 Å². The molecule has 0 bridgehead atoms. The summed E-state index contributed by atoms with van der Waals surface area (Å²) in [6.07, 6.45) is 1.83. The van der Waals surface area contributed by atoms with E-state index in [0.717, 1.165) is 16.4 Å². The Balaban J connectivity index is 0.00000256. The highest BCUT2D eigenvalue weighted by Gasteiger charge is 2.06. The molecule has 0 aromatic heterocycles. The fourth-order valence-electron chi connectivity index (χ4n) is 1.21. The Labute approximate surface area is 126 Å². The summed E-state index contributed by atoms with van der Waals surface area (Å²) in [5.74, 6) is -0.0877. The van der Waals surface area contributed by atoms with Gasteiger partial charge >= 0.3 is 0 Å². The SMILES string of the molecule is Cl.NCCCCNC(=O)c1ccc(I)c(Cl)c1. The molecular formula is C11H15Cl2IN2O. The molecule has 3 nitrogen and oxygen atoms in total. The van der Waals surface area contributed by atoms with Gasteiger partial charge in [0.15, 0.2) is 0 Å². The Kier molecular flexibility index (Phi) is 8.94. The molecule has 0 unspecified atom stereocenters. The van der Waals surface area contributed by atoms with E-state index in [-0.39, 0.29) is 18.3 Å². The number of hydrogen-bond acceptors (Lipinski definition) is 2. The lowest BCUT2D eigenvalue weighted by atomic mass is 10.2. The molecule has 0 heterocycles. The lowest BCUT2D eigenvalue weighted by Crippen LogP contribution is -2.24. The summed E-state index contributed by atoms with van der Waals surface area (Å²) in [7, 11) is 0. The van der Waals surface area contributed by atoms with Crippen LogP contribution in [0.5, 0.6) is 0 Å². The van der Waals surface area contributed by atoms with E-state index in [1.807, 2.05) is 6.07 Å². The Hall–Kier alpha value is -0.0400. The Morgan fingerprint density at radius 2 is 2.12 bits per heavy atom. The van der Waals surface area contributed by atoms with E-state index < -0.39 is 0 Å². The summed E-state index contributed by atoms with van der Waals surface area (Å²) in [5.41, 5.74) is 5.96. The van der Waals surface area contributed by atoms with Crippen LogP contribution in [0.4, 0.5) is 0 Å². The number of unbranched alkanes of at least 4 members (excludes halogenated alkanes) is 1. The summed E-state index contributed by atoms with van der Waals surface area (Å²) in [6, 6.07) is 5.28. The van der Waals surface area contributed by atoms with E-state index >= 15 is 0 Å². The second kappa shape index (κ2) is 8.97. The van der Waals surface area contributed by atoms with Crippen LogP contribution < -0.4 is 11.1 Å². The first-order chi connectivity index (χ1) is 7.65. The number of benzene rings is 1. The number of nitrogens with two attached hydrogens (primary N) is 1. The van der Waals surface area contributed by atoms with Crippen LogP contribution in [0.15, 0.2) is 18.2 Å². The largest absolute Gasteiger partial charge is 0.352 e. The van der Waals surface area contributed by atoms with Gasteiger partial charge in [-0.15, -0.1) is 12.4 Å². The molecule has 0 saturated carbocycles. The van der Waals surface area contributed by atoms with Gasteiger partial charge in [-0.25, -0.2) is 0 Å². The number of hydrogen-bond donors (Lipinski definition) is 2. The maximum absolute atomic E-state index is 11.7. The summed E-state index contributed by atoms with van der Waals surface area (Å²) in [4.78, 5) is 11.7. The Morgan fingerprint density at radius 3 is 2.71 bits per heavy atom. The fraction of sp³-hybridized carbons (Fsp3) is 0.364. The molecule has 0 aliphatic carbocycles. The van der Waals surface area contributed by atoms with Gasteiger partial charge < -0.3 is 11.1 Å². The van der Waals surface area contributed by atoms with Crippen molar-refractivity contribution in [1.82, 2.24) is 5.32 Å². The summed E-state index contributed by atoms with van der Waals surface area (Å²) < 4.78 is 0.943. The Bertz CT molecular complexity index is 374. The maximum Gasteiger partial charge on any atom is 0.251 e. The summed E-state index contributed by atoms with van der Waals surface area (Å²) in [6.45, 7) is 1.31. The van der Waals surface area contributed by atoms with Gasteiger partial charge in [-0.2, -0.15) is 0 Å². The molecule has 0 atom stereocenters. The molecule has 0 saturated heterocycles. The average molecular weight is 389 g/mol. The minimum Gasteiger partial charge on any atom is -0.352 e. The molecule has 0 aliphatic heterocycles. The first-order valence-electron chi connectivity index (χ1n) is 5.08. The van der Waals surface area contributed by atoms with Crippen LogP contribution in [-0.4, -0.2) is 19.0 Å². The van der Waals surface area contributed by atoms with Gasteiger partial charge in [0, 0.05) is 15.7 Å². The lowest BCUT2D eigenvalue weighted by Gasteiger charge is -2.05. The van der Waals surface area contributed by atoms with E-state index in [1.54, 1.807) is 12.1 Å². The van der Waals surface area contributed by atoms with Crippen molar-refractivity contribution in [3.8, 4) is 0 Å². The van der Waals surface area contributed by atoms with Crippen molar-refractivity contribution >= 4 is 52.5 Å². The highest BCUT2D eigenvalue weighted by Crippen LogP contribution is 2.19. The summed E-state index contributed by atoms with van der Waals surface area (Å²) in [5, 5.41) is 3.43. The van der Waals surface area contributed by atoms with Crippen LogP contribution in [0.25, 0.3) is 0 Å². The van der Waals surface area contributed by atoms with Gasteiger partial charge in [0.1, 0.15) is 0 Å². The van der Waals surface area contributed by atoms with Crippen LogP contribution in [0.3, 0.4) is 0 Å². The van der Waals surface area contributed by atoms with Gasteiger partial charge in [-0.3, -0.25) is 4.79 Å². The first kappa shape index (κ1) is 17.0. The van der Waals surface area contributed by atoms with Crippen LogP contribution in [-0.2, 0) is 0 Å². The smallest absolute Gasteiger partial charge is 0.251 e. The number of amides is 1. The quantitative estimate of drug-likeness (QED) is 0.601. The Morgan fingerprint density at radius 1 is 1.41 bits per heavy atom. The number of carbonyl (C=O) groups excluding carboxylic acids is 1. The van der Waals surface area contributed by atoms with Crippen molar-refractivity contribution in [3.63, 3.8) is 0 Å². The molecular weight excluding hydrogens is 374 g/mol. The molecule has 17 heavy (non-hydrogen) atoms. The standard InChI is InChI=1S/C11H14ClIN2O.ClH/c12-9-7-8(3-4-10(9)13)11(16)15-6-2-1-5-14;/h3-4,7H,1-2,5-6,14H2,(H,15,16);1H. The first-order valence-corrected chi connectivity index (χ1v) is 6.54. The molecule has 0 radical (unpaired) electrons. The second-order valence-corrected chi connectivity index (χ2v) is 4.95. The lowest BCUT2D eigenvalue weighted by molar-refractivity contribution is 0.0953. The average Bonchev–Trinajstić information content (AvgIpc) is 2.28. The van der Waals surface area contributed by atoms with E-state index in [2.05, 4.69) is 27.9 Å². The van der Waals surface area contributed by atoms with Gasteiger partial charge in [-0.05, 0) is 60.2 Å². The highest BCUT2D eigenvalue weighted by molar-refractivity contribution is 14.1. The zero-order chi connectivity index (χ0) is 12.0. The second-order valence-electron chi connectivity index (χ2n) is 3.38. The van der Waals surface area contributed by atoms with E-state index in [4.69, 9.17) is 17.3 Å². The highest BCUT2D eigenvalue weighted by atomic mass is 127. The minimum absolute atomic E-state index is 0. The van der Waals surface area contributed by atoms with Crippen molar-refractivity contribution in [2.75, 3.05) is 13.1 Å². The predicted octanol–water partition coefficient (Wildman–Crippen LogP) is 2.84. The van der Waals surface area contributed by atoms with Crippen molar-refractivity contribution in [2.24, 2.45) is 5.73 Å². The number of carbonyl (C=O) groups is 1. The van der Waals surface area contributed by atoms with E-state index in [0.29, 0.717) is 23.7 Å².